The van der Waals surface area contributed by atoms with E-state index in [2.05, 4.69) is 0 Å². The number of benzene rings is 1. The summed E-state index contributed by atoms with van der Waals surface area (Å²) in [6.07, 6.45) is 3.15. The molecular weight excluding hydrogens is 288 g/mol. The Morgan fingerprint density at radius 2 is 2.29 bits per heavy atom. The van der Waals surface area contributed by atoms with Crippen molar-refractivity contribution >= 4 is 28.5 Å². The molecule has 1 aromatic heterocycles. The molecule has 21 heavy (non-hydrogen) atoms. The highest BCUT2D eigenvalue weighted by Gasteiger charge is 2.26. The lowest BCUT2D eigenvalue weighted by Gasteiger charge is -2.32. The van der Waals surface area contributed by atoms with Gasteiger partial charge in [-0.15, -0.1) is 0 Å². The Bertz CT molecular complexity index is 651. The first-order valence-electron chi connectivity index (χ1n) is 7.36. The number of nitrogens with zero attached hydrogens (tertiary/aromatic N) is 1. The topological polar surface area (TPSA) is 59.5 Å². The first-order chi connectivity index (χ1) is 10.2. The number of piperidine rings is 1. The molecule has 1 aliphatic heterocycles. The van der Waals surface area contributed by atoms with Crippen molar-refractivity contribution in [1.82, 2.24) is 4.90 Å². The van der Waals surface area contributed by atoms with E-state index in [0.717, 1.165) is 37.7 Å². The van der Waals surface area contributed by atoms with Crippen molar-refractivity contribution in [2.45, 2.75) is 19.3 Å². The minimum atomic E-state index is -0.0379. The van der Waals surface area contributed by atoms with Crippen molar-refractivity contribution in [2.24, 2.45) is 11.7 Å². The van der Waals surface area contributed by atoms with E-state index in [4.69, 9.17) is 21.8 Å². The van der Waals surface area contributed by atoms with Gasteiger partial charge in [-0.3, -0.25) is 4.79 Å². The van der Waals surface area contributed by atoms with Gasteiger partial charge < -0.3 is 15.1 Å². The van der Waals surface area contributed by atoms with Gasteiger partial charge in [-0.25, -0.2) is 0 Å². The molecule has 3 rings (SSSR count). The number of nitrogens with two attached hydrogens (primary N) is 1. The minimum absolute atomic E-state index is 0.0379. The molecule has 2 N–H and O–H groups in total. The van der Waals surface area contributed by atoms with Crippen LogP contribution in [0.4, 0.5) is 0 Å². The Morgan fingerprint density at radius 3 is 3.10 bits per heavy atom. The first kappa shape index (κ1) is 14.4. The third kappa shape index (κ3) is 3.06. The molecule has 1 saturated heterocycles. The van der Waals surface area contributed by atoms with Crippen molar-refractivity contribution in [1.29, 1.82) is 0 Å². The molecule has 5 heteroatoms. The molecular formula is C16H19ClN2O2. The number of carbonyl (C=O) groups excluding carboxylic acids is 1. The number of hydrogen-bond acceptors (Lipinski definition) is 3. The number of fused-ring (bicyclic) bond motifs is 1. The summed E-state index contributed by atoms with van der Waals surface area (Å²) >= 11 is 5.96. The molecule has 0 bridgehead atoms. The van der Waals surface area contributed by atoms with Crippen LogP contribution in [0.2, 0.25) is 5.02 Å². The number of hydrogen-bond donors (Lipinski definition) is 1. The Labute approximate surface area is 128 Å². The molecule has 1 amide bonds. The van der Waals surface area contributed by atoms with E-state index in [1.165, 1.54) is 0 Å². The summed E-state index contributed by atoms with van der Waals surface area (Å²) < 4.78 is 5.66. The largest absolute Gasteiger partial charge is 0.451 e. The van der Waals surface area contributed by atoms with Gasteiger partial charge in [0.25, 0.3) is 5.91 Å². The van der Waals surface area contributed by atoms with Crippen molar-refractivity contribution in [3.05, 3.63) is 35.0 Å². The van der Waals surface area contributed by atoms with E-state index in [-0.39, 0.29) is 5.91 Å². The Hall–Kier alpha value is -1.52. The number of furan rings is 1. The third-order valence-corrected chi connectivity index (χ3v) is 4.31. The second kappa shape index (κ2) is 6.08. The summed E-state index contributed by atoms with van der Waals surface area (Å²) in [5.74, 6) is 0.858. The lowest BCUT2D eigenvalue weighted by atomic mass is 9.95. The van der Waals surface area contributed by atoms with E-state index in [9.17, 15) is 4.79 Å². The first-order valence-corrected chi connectivity index (χ1v) is 7.73. The summed E-state index contributed by atoms with van der Waals surface area (Å²) in [4.78, 5) is 14.5. The minimum Gasteiger partial charge on any atom is -0.451 e. The molecule has 2 aromatic rings. The Balaban J connectivity index is 1.79. The predicted octanol–water partition coefficient (Wildman–Crippen LogP) is 3.29. The maximum absolute atomic E-state index is 12.6. The molecule has 2 heterocycles. The lowest BCUT2D eigenvalue weighted by Crippen LogP contribution is -2.40. The second-order valence-electron chi connectivity index (χ2n) is 5.63. The maximum atomic E-state index is 12.6. The Kier molecular flexibility index (Phi) is 4.17. The van der Waals surface area contributed by atoms with Gasteiger partial charge in [-0.1, -0.05) is 11.6 Å². The van der Waals surface area contributed by atoms with Crippen LogP contribution >= 0.6 is 11.6 Å². The van der Waals surface area contributed by atoms with Crippen LogP contribution in [0.5, 0.6) is 0 Å². The molecule has 0 saturated carbocycles. The molecule has 4 nitrogen and oxygen atoms in total. The maximum Gasteiger partial charge on any atom is 0.289 e. The molecule has 0 aliphatic carbocycles. The van der Waals surface area contributed by atoms with E-state index in [1.54, 1.807) is 18.2 Å². The number of rotatable bonds is 3. The van der Waals surface area contributed by atoms with Crippen LogP contribution in [0.3, 0.4) is 0 Å². The molecule has 1 unspecified atom stereocenters. The fourth-order valence-electron chi connectivity index (χ4n) is 3.00. The lowest BCUT2D eigenvalue weighted by molar-refractivity contribution is 0.0640. The van der Waals surface area contributed by atoms with Gasteiger partial charge in [0.05, 0.1) is 0 Å². The van der Waals surface area contributed by atoms with Gasteiger partial charge in [0.15, 0.2) is 5.76 Å². The zero-order chi connectivity index (χ0) is 14.8. The molecule has 1 aromatic carbocycles. The van der Waals surface area contributed by atoms with Gasteiger partial charge in [-0.05, 0) is 56.0 Å². The summed E-state index contributed by atoms with van der Waals surface area (Å²) in [7, 11) is 0. The van der Waals surface area contributed by atoms with Gasteiger partial charge in [0.2, 0.25) is 0 Å². The number of amides is 1. The van der Waals surface area contributed by atoms with Gasteiger partial charge in [0.1, 0.15) is 5.58 Å². The quantitative estimate of drug-likeness (QED) is 0.946. The SMILES string of the molecule is NCCC1CCCN(C(=O)c2cc3cc(Cl)ccc3o2)C1. The monoisotopic (exact) mass is 306 g/mol. The predicted molar refractivity (Wildman–Crippen MR) is 83.5 cm³/mol. The van der Waals surface area contributed by atoms with Crippen molar-refractivity contribution in [3.8, 4) is 0 Å². The normalized spacial score (nSPS) is 19.1. The molecule has 1 atom stereocenters. The van der Waals surface area contributed by atoms with Crippen molar-refractivity contribution in [3.63, 3.8) is 0 Å². The second-order valence-corrected chi connectivity index (χ2v) is 6.07. The highest BCUT2D eigenvalue weighted by Crippen LogP contribution is 2.26. The Morgan fingerprint density at radius 1 is 1.43 bits per heavy atom. The molecule has 0 radical (unpaired) electrons. The van der Waals surface area contributed by atoms with Gasteiger partial charge >= 0.3 is 0 Å². The van der Waals surface area contributed by atoms with E-state index in [1.807, 2.05) is 11.0 Å². The number of likely N-dealkylation sites (tertiary alicyclic amines) is 1. The summed E-state index contributed by atoms with van der Waals surface area (Å²) in [5, 5.41) is 1.50. The van der Waals surface area contributed by atoms with Crippen molar-refractivity contribution < 1.29 is 9.21 Å². The highest BCUT2D eigenvalue weighted by molar-refractivity contribution is 6.31. The fourth-order valence-corrected chi connectivity index (χ4v) is 3.18. The van der Waals surface area contributed by atoms with E-state index >= 15 is 0 Å². The standard InChI is InChI=1S/C16H19ClN2O2/c17-13-3-4-14-12(8-13)9-15(21-14)16(20)19-7-1-2-11(10-19)5-6-18/h3-4,8-9,11H,1-2,5-7,10,18H2. The van der Waals surface area contributed by atoms with Crippen LogP contribution in [0, 0.1) is 5.92 Å². The molecule has 1 aliphatic rings. The highest BCUT2D eigenvalue weighted by atomic mass is 35.5. The zero-order valence-corrected chi connectivity index (χ0v) is 12.6. The van der Waals surface area contributed by atoms with E-state index < -0.39 is 0 Å². The summed E-state index contributed by atoms with van der Waals surface area (Å²) in [5.41, 5.74) is 6.32. The van der Waals surface area contributed by atoms with Crippen LogP contribution in [0.25, 0.3) is 11.0 Å². The van der Waals surface area contributed by atoms with Crippen molar-refractivity contribution in [2.75, 3.05) is 19.6 Å². The van der Waals surface area contributed by atoms with Crippen LogP contribution in [-0.2, 0) is 0 Å². The van der Waals surface area contributed by atoms with Crippen LogP contribution in [0.1, 0.15) is 29.8 Å². The summed E-state index contributed by atoms with van der Waals surface area (Å²) in [6.45, 7) is 2.24. The smallest absolute Gasteiger partial charge is 0.289 e. The van der Waals surface area contributed by atoms with Gasteiger partial charge in [-0.2, -0.15) is 0 Å². The molecule has 112 valence electrons. The fraction of sp³-hybridized carbons (Fsp3) is 0.438. The summed E-state index contributed by atoms with van der Waals surface area (Å²) in [6, 6.07) is 7.14. The average Bonchev–Trinajstić information content (AvgIpc) is 2.90. The van der Waals surface area contributed by atoms with Crippen LogP contribution in [0.15, 0.2) is 28.7 Å². The van der Waals surface area contributed by atoms with E-state index in [0.29, 0.717) is 28.8 Å². The average molecular weight is 307 g/mol. The molecule has 0 spiro atoms. The molecule has 1 fully saturated rings. The number of halogens is 1. The van der Waals surface area contributed by atoms with Crippen LogP contribution < -0.4 is 5.73 Å². The zero-order valence-electron chi connectivity index (χ0n) is 11.8. The third-order valence-electron chi connectivity index (χ3n) is 4.07. The van der Waals surface area contributed by atoms with Gasteiger partial charge in [0, 0.05) is 23.5 Å². The number of carbonyl (C=O) groups is 1. The van der Waals surface area contributed by atoms with Crippen LogP contribution in [-0.4, -0.2) is 30.4 Å².